The molecule has 3 fully saturated rings. The Morgan fingerprint density at radius 1 is 0.963 bits per heavy atom. The summed E-state index contributed by atoms with van der Waals surface area (Å²) >= 11 is 0. The summed E-state index contributed by atoms with van der Waals surface area (Å²) in [6.07, 6.45) is 5.04. The van der Waals surface area contributed by atoms with Crippen molar-refractivity contribution in [3.63, 3.8) is 0 Å². The minimum Gasteiger partial charge on any atom is -0.490 e. The van der Waals surface area contributed by atoms with Gasteiger partial charge in [0.15, 0.2) is 0 Å². The van der Waals surface area contributed by atoms with Crippen molar-refractivity contribution in [2.45, 2.75) is 95.2 Å². The molecule has 2 N–H and O–H groups in total. The van der Waals surface area contributed by atoms with Crippen LogP contribution in [0.15, 0.2) is 54.9 Å². The van der Waals surface area contributed by atoms with Crippen LogP contribution < -0.4 is 15.4 Å². The van der Waals surface area contributed by atoms with Crippen LogP contribution in [0, 0.1) is 11.7 Å². The lowest BCUT2D eigenvalue weighted by Crippen LogP contribution is -2.39. The molecule has 1 unspecified atom stereocenters. The van der Waals surface area contributed by atoms with E-state index in [0.29, 0.717) is 29.1 Å². The molecule has 1 aromatic carbocycles. The van der Waals surface area contributed by atoms with E-state index in [-0.39, 0.29) is 59.1 Å². The van der Waals surface area contributed by atoms with Crippen molar-refractivity contribution in [1.82, 2.24) is 24.6 Å². The van der Waals surface area contributed by atoms with Crippen molar-refractivity contribution in [2.24, 2.45) is 5.92 Å². The first kappa shape index (κ1) is 37.5. The minimum absolute atomic E-state index is 0.123. The number of carbonyl (C=O) groups is 3. The molecule has 1 aliphatic carbocycles. The molecule has 3 aromatic heterocycles. The van der Waals surface area contributed by atoms with Gasteiger partial charge in [0.25, 0.3) is 5.91 Å². The van der Waals surface area contributed by atoms with E-state index in [0.717, 1.165) is 69.9 Å². The fourth-order valence-electron chi connectivity index (χ4n) is 8.14. The number of pyridine rings is 2. The third-order valence-corrected chi connectivity index (χ3v) is 10.9. The van der Waals surface area contributed by atoms with E-state index in [9.17, 15) is 27.6 Å². The van der Waals surface area contributed by atoms with Crippen LogP contribution in [0.2, 0.25) is 0 Å². The quantitative estimate of drug-likeness (QED) is 0.134. The van der Waals surface area contributed by atoms with Gasteiger partial charge in [-0.15, -0.1) is 0 Å². The lowest BCUT2D eigenvalue weighted by molar-refractivity contribution is -0.141. The van der Waals surface area contributed by atoms with Gasteiger partial charge in [-0.1, -0.05) is 18.2 Å². The average molecular weight is 749 g/mol. The number of imidazole rings is 1. The summed E-state index contributed by atoms with van der Waals surface area (Å²) in [6, 6.07) is 10.2. The molecule has 7 rings (SSSR count). The van der Waals surface area contributed by atoms with E-state index in [1.807, 2.05) is 32.2 Å². The van der Waals surface area contributed by atoms with Gasteiger partial charge >= 0.3 is 6.18 Å². The molecule has 14 heteroatoms. The molecule has 10 nitrogen and oxygen atoms in total. The summed E-state index contributed by atoms with van der Waals surface area (Å²) in [6.45, 7) is 6.43. The molecule has 2 aliphatic heterocycles. The number of piperidine rings is 2. The van der Waals surface area contributed by atoms with Crippen molar-refractivity contribution < 1.29 is 36.7 Å². The number of amides is 3. The number of likely N-dealkylation sites (tertiary alicyclic amines) is 1. The molecule has 0 spiro atoms. The molecular formula is C40H44F4N6O4. The lowest BCUT2D eigenvalue weighted by atomic mass is 9.80. The lowest BCUT2D eigenvalue weighted by Gasteiger charge is -2.36. The summed E-state index contributed by atoms with van der Waals surface area (Å²) in [5.41, 5.74) is 1.90. The Morgan fingerprint density at radius 2 is 1.72 bits per heavy atom. The Morgan fingerprint density at radius 3 is 2.41 bits per heavy atom. The van der Waals surface area contributed by atoms with E-state index in [2.05, 4.69) is 20.5 Å². The van der Waals surface area contributed by atoms with Gasteiger partial charge in [0.2, 0.25) is 11.8 Å². The molecule has 3 amide bonds. The highest BCUT2D eigenvalue weighted by atomic mass is 19.4. The molecule has 3 aliphatic rings. The van der Waals surface area contributed by atoms with Crippen molar-refractivity contribution in [2.75, 3.05) is 25.0 Å². The summed E-state index contributed by atoms with van der Waals surface area (Å²) in [5, 5.41) is 4.83. The second-order valence-corrected chi connectivity index (χ2v) is 15.1. The van der Waals surface area contributed by atoms with Crippen molar-refractivity contribution in [3.8, 4) is 5.75 Å². The normalized spacial score (nSPS) is 21.7. The van der Waals surface area contributed by atoms with Gasteiger partial charge in [-0.3, -0.25) is 19.7 Å². The largest absolute Gasteiger partial charge is 0.490 e. The molecule has 4 aromatic rings. The summed E-state index contributed by atoms with van der Waals surface area (Å²) in [4.78, 5) is 48.0. The van der Waals surface area contributed by atoms with E-state index in [1.54, 1.807) is 16.7 Å². The van der Waals surface area contributed by atoms with E-state index >= 15 is 4.39 Å². The molecule has 0 radical (unpaired) electrons. The van der Waals surface area contributed by atoms with Gasteiger partial charge in [0, 0.05) is 37.3 Å². The molecular weight excluding hydrogens is 704 g/mol. The third kappa shape index (κ3) is 8.43. The number of imide groups is 1. The van der Waals surface area contributed by atoms with Crippen molar-refractivity contribution in [3.05, 3.63) is 88.8 Å². The van der Waals surface area contributed by atoms with Crippen LogP contribution in [0.3, 0.4) is 0 Å². The number of alkyl halides is 3. The Kier molecular flexibility index (Phi) is 10.7. The summed E-state index contributed by atoms with van der Waals surface area (Å²) in [7, 11) is 0. The maximum Gasteiger partial charge on any atom is 0.433 e. The van der Waals surface area contributed by atoms with Crippen LogP contribution in [-0.2, 0) is 15.8 Å². The predicted molar refractivity (Wildman–Crippen MR) is 193 cm³/mol. The highest BCUT2D eigenvalue weighted by Gasteiger charge is 2.34. The van der Waals surface area contributed by atoms with Crippen LogP contribution in [0.25, 0.3) is 5.65 Å². The molecule has 1 atom stereocenters. The van der Waals surface area contributed by atoms with Crippen LogP contribution in [0.4, 0.5) is 23.4 Å². The first-order valence-corrected chi connectivity index (χ1v) is 18.7. The Labute approximate surface area is 310 Å². The van der Waals surface area contributed by atoms with Crippen molar-refractivity contribution >= 4 is 29.2 Å². The molecule has 54 heavy (non-hydrogen) atoms. The van der Waals surface area contributed by atoms with Crippen LogP contribution >= 0.6 is 0 Å². The Bertz CT molecular complexity index is 2030. The number of halogens is 4. The van der Waals surface area contributed by atoms with Gasteiger partial charge in [-0.2, -0.15) is 13.2 Å². The number of fused-ring (bicyclic) bond motifs is 1. The smallest absolute Gasteiger partial charge is 0.433 e. The van der Waals surface area contributed by atoms with E-state index in [4.69, 9.17) is 9.72 Å². The molecule has 286 valence electrons. The standard InChI is InChI=1S/C40H44F4N6O4/c1-23(2)54-33-19-36-45-32(22-50(36)21-30(33)39(53)47-35-5-3-4-34(46-35)40(42,43)44)26-8-6-24(7-9-26)20-49-16-14-25(15-17-49)28-11-10-27(18-31(28)41)29-12-13-37(51)48-38(29)52/h3-5,10-11,18-19,21-26,29H,6-9,12-17,20H2,1-2H3,(H,46,47,53)(H,48,51,52)/t24-,26-,29?. The first-order chi connectivity index (χ1) is 25.8. The third-order valence-electron chi connectivity index (χ3n) is 10.9. The maximum absolute atomic E-state index is 15.3. The number of rotatable bonds is 9. The monoisotopic (exact) mass is 748 g/mol. The minimum atomic E-state index is -4.64. The Balaban J connectivity index is 0.939. The second-order valence-electron chi connectivity index (χ2n) is 15.1. The average Bonchev–Trinajstić information content (AvgIpc) is 3.54. The number of aromatic nitrogens is 3. The fraction of sp³-hybridized carbons (Fsp3) is 0.475. The highest BCUT2D eigenvalue weighted by Crippen LogP contribution is 2.38. The number of nitrogens with zero attached hydrogens (tertiary/aromatic N) is 4. The van der Waals surface area contributed by atoms with E-state index in [1.165, 1.54) is 18.2 Å². The molecule has 5 heterocycles. The SMILES string of the molecule is CC(C)Oc1cc2nc([C@H]3CC[C@H](CN4CCC(c5ccc(C6CCC(=O)NC6=O)cc5F)CC4)CC3)cn2cc1C(=O)Nc1cccc(C(F)(F)F)n1. The zero-order chi connectivity index (χ0) is 38.1. The van der Waals surface area contributed by atoms with Crippen LogP contribution in [0.1, 0.15) is 116 Å². The number of hydrogen-bond donors (Lipinski definition) is 2. The zero-order valence-corrected chi connectivity index (χ0v) is 30.3. The van der Waals surface area contributed by atoms with Gasteiger partial charge < -0.3 is 19.4 Å². The van der Waals surface area contributed by atoms with Crippen molar-refractivity contribution in [1.29, 1.82) is 0 Å². The molecule has 0 bridgehead atoms. The molecule has 2 saturated heterocycles. The number of anilines is 1. The van der Waals surface area contributed by atoms with Gasteiger partial charge in [-0.05, 0) is 113 Å². The van der Waals surface area contributed by atoms with Gasteiger partial charge in [0.1, 0.15) is 28.7 Å². The van der Waals surface area contributed by atoms with Crippen LogP contribution in [0.5, 0.6) is 5.75 Å². The number of nitrogens with one attached hydrogen (secondary N) is 2. The first-order valence-electron chi connectivity index (χ1n) is 18.7. The zero-order valence-electron chi connectivity index (χ0n) is 30.3. The van der Waals surface area contributed by atoms with Gasteiger partial charge in [-0.25, -0.2) is 14.4 Å². The van der Waals surface area contributed by atoms with Crippen LogP contribution in [-0.4, -0.2) is 62.7 Å². The highest BCUT2D eigenvalue weighted by molar-refractivity contribution is 6.06. The number of ether oxygens (including phenoxy) is 1. The topological polar surface area (TPSA) is 118 Å². The number of hydrogen-bond acceptors (Lipinski definition) is 7. The summed E-state index contributed by atoms with van der Waals surface area (Å²) in [5.74, 6) is -1.09. The fourth-order valence-corrected chi connectivity index (χ4v) is 8.14. The van der Waals surface area contributed by atoms with Gasteiger partial charge in [0.05, 0.1) is 23.3 Å². The number of benzene rings is 1. The second kappa shape index (κ2) is 15.5. The Hall–Kier alpha value is -4.85. The summed E-state index contributed by atoms with van der Waals surface area (Å²) < 4.78 is 62.6. The van der Waals surface area contributed by atoms with E-state index < -0.39 is 23.7 Å². The number of carbonyl (C=O) groups excluding carboxylic acids is 3. The maximum atomic E-state index is 15.3. The molecule has 1 saturated carbocycles. The predicted octanol–water partition coefficient (Wildman–Crippen LogP) is 7.60.